The molecule has 2 rings (SSSR count). The molecule has 0 aliphatic carbocycles. The molecule has 0 bridgehead atoms. The lowest BCUT2D eigenvalue weighted by atomic mass is 10.0. The zero-order valence-corrected chi connectivity index (χ0v) is 14.5. The van der Waals surface area contributed by atoms with Crippen LogP contribution in [0.3, 0.4) is 0 Å². The molecule has 112 valence electrons. The van der Waals surface area contributed by atoms with Gasteiger partial charge in [-0.1, -0.05) is 6.92 Å². The Morgan fingerprint density at radius 1 is 1.16 bits per heavy atom. The highest BCUT2D eigenvalue weighted by Crippen LogP contribution is 2.14. The summed E-state index contributed by atoms with van der Waals surface area (Å²) in [7, 11) is 0. The molecule has 2 aliphatic heterocycles. The topological polar surface area (TPSA) is 44.9 Å². The number of nitrogens with two attached hydrogens (primary N) is 1. The molecule has 2 saturated heterocycles. The van der Waals surface area contributed by atoms with Crippen LogP contribution in [0.5, 0.6) is 0 Å². The zero-order valence-electron chi connectivity index (χ0n) is 12.2. The van der Waals surface area contributed by atoms with Gasteiger partial charge in [-0.05, 0) is 44.6 Å². The van der Waals surface area contributed by atoms with E-state index in [4.69, 9.17) is 5.73 Å². The van der Waals surface area contributed by atoms with E-state index in [1.54, 1.807) is 0 Å². The molecular formula is C14H29IN4. The summed E-state index contributed by atoms with van der Waals surface area (Å²) in [5.41, 5.74) is 6.05. The number of halogens is 1. The van der Waals surface area contributed by atoms with E-state index in [1.807, 2.05) is 0 Å². The molecule has 0 amide bonds. The molecule has 5 heteroatoms. The van der Waals surface area contributed by atoms with Gasteiger partial charge in [0.15, 0.2) is 5.96 Å². The fourth-order valence-corrected chi connectivity index (χ4v) is 3.02. The van der Waals surface area contributed by atoms with Crippen molar-refractivity contribution < 1.29 is 0 Å². The third-order valence-corrected chi connectivity index (χ3v) is 4.11. The lowest BCUT2D eigenvalue weighted by Gasteiger charge is -2.30. The van der Waals surface area contributed by atoms with E-state index < -0.39 is 0 Å². The average molecular weight is 380 g/mol. The molecule has 0 spiro atoms. The number of guanidine groups is 1. The van der Waals surface area contributed by atoms with Crippen molar-refractivity contribution in [1.82, 2.24) is 9.80 Å². The van der Waals surface area contributed by atoms with Gasteiger partial charge in [0.05, 0.1) is 6.54 Å². The Morgan fingerprint density at radius 3 is 2.58 bits per heavy atom. The number of aliphatic imine (C=N–C) groups is 1. The van der Waals surface area contributed by atoms with Crippen LogP contribution in [0.1, 0.15) is 39.0 Å². The average Bonchev–Trinajstić information content (AvgIpc) is 2.40. The van der Waals surface area contributed by atoms with Crippen molar-refractivity contribution in [2.24, 2.45) is 16.6 Å². The SMILES string of the molecule is CC1CCCN(CCN=C(N)N2CCCCC2)C1.I. The summed E-state index contributed by atoms with van der Waals surface area (Å²) in [4.78, 5) is 9.31. The van der Waals surface area contributed by atoms with Crippen LogP contribution in [-0.2, 0) is 0 Å². The Balaban J connectivity index is 0.00000180. The molecule has 4 nitrogen and oxygen atoms in total. The summed E-state index contributed by atoms with van der Waals surface area (Å²) in [5, 5.41) is 0. The fraction of sp³-hybridized carbons (Fsp3) is 0.929. The Labute approximate surface area is 134 Å². The molecule has 0 aromatic carbocycles. The van der Waals surface area contributed by atoms with Gasteiger partial charge in [0.25, 0.3) is 0 Å². The largest absolute Gasteiger partial charge is 0.370 e. The van der Waals surface area contributed by atoms with Gasteiger partial charge in [0.1, 0.15) is 0 Å². The second-order valence-electron chi connectivity index (χ2n) is 5.84. The highest BCUT2D eigenvalue weighted by Gasteiger charge is 2.16. The molecule has 1 atom stereocenters. The number of hydrogen-bond acceptors (Lipinski definition) is 2. The minimum absolute atomic E-state index is 0. The molecule has 0 aromatic heterocycles. The van der Waals surface area contributed by atoms with E-state index in [1.165, 1.54) is 45.2 Å². The van der Waals surface area contributed by atoms with E-state index in [0.717, 1.165) is 38.1 Å². The summed E-state index contributed by atoms with van der Waals surface area (Å²) in [6.07, 6.45) is 6.59. The molecule has 2 aliphatic rings. The lowest BCUT2D eigenvalue weighted by molar-refractivity contribution is 0.188. The summed E-state index contributed by atoms with van der Waals surface area (Å²) in [5.74, 6) is 1.61. The third kappa shape index (κ3) is 5.85. The smallest absolute Gasteiger partial charge is 0.191 e. The number of hydrogen-bond donors (Lipinski definition) is 1. The van der Waals surface area contributed by atoms with Crippen molar-refractivity contribution in [1.29, 1.82) is 0 Å². The van der Waals surface area contributed by atoms with E-state index in [0.29, 0.717) is 0 Å². The maximum Gasteiger partial charge on any atom is 0.191 e. The van der Waals surface area contributed by atoms with Crippen molar-refractivity contribution >= 4 is 29.9 Å². The summed E-state index contributed by atoms with van der Waals surface area (Å²) < 4.78 is 0. The van der Waals surface area contributed by atoms with Crippen LogP contribution in [0, 0.1) is 5.92 Å². The zero-order chi connectivity index (χ0) is 12.8. The second kappa shape index (κ2) is 9.00. The predicted octanol–water partition coefficient (Wildman–Crippen LogP) is 2.14. The van der Waals surface area contributed by atoms with Crippen molar-refractivity contribution in [3.8, 4) is 0 Å². The van der Waals surface area contributed by atoms with Gasteiger partial charge in [-0.15, -0.1) is 24.0 Å². The van der Waals surface area contributed by atoms with E-state index in [9.17, 15) is 0 Å². The standard InChI is InChI=1S/C14H28N4.HI/c1-13-6-5-8-17(12-13)11-7-16-14(15)18-9-3-2-4-10-18;/h13H,2-12H2,1H3,(H2,15,16);1H. The Hall–Kier alpha value is -0.0400. The van der Waals surface area contributed by atoms with Crippen molar-refractivity contribution in [2.75, 3.05) is 39.3 Å². The first kappa shape index (κ1) is 17.0. The third-order valence-electron chi connectivity index (χ3n) is 4.11. The molecule has 2 heterocycles. The number of piperidine rings is 2. The first-order valence-corrected chi connectivity index (χ1v) is 7.53. The number of likely N-dealkylation sites (tertiary alicyclic amines) is 2. The number of rotatable bonds is 3. The van der Waals surface area contributed by atoms with E-state index >= 15 is 0 Å². The second-order valence-corrected chi connectivity index (χ2v) is 5.84. The quantitative estimate of drug-likeness (QED) is 0.464. The predicted molar refractivity (Wildman–Crippen MR) is 92.2 cm³/mol. The first-order valence-electron chi connectivity index (χ1n) is 7.53. The first-order chi connectivity index (χ1) is 8.75. The molecule has 19 heavy (non-hydrogen) atoms. The van der Waals surface area contributed by atoms with Crippen LogP contribution in [-0.4, -0.2) is 55.0 Å². The molecule has 1 unspecified atom stereocenters. The van der Waals surface area contributed by atoms with Crippen LogP contribution in [0.25, 0.3) is 0 Å². The highest BCUT2D eigenvalue weighted by atomic mass is 127. The van der Waals surface area contributed by atoms with Gasteiger partial charge in [0, 0.05) is 26.2 Å². The van der Waals surface area contributed by atoms with Gasteiger partial charge < -0.3 is 15.5 Å². The Bertz CT molecular complexity index is 277. The highest BCUT2D eigenvalue weighted by molar-refractivity contribution is 14.0. The van der Waals surface area contributed by atoms with Gasteiger partial charge in [0.2, 0.25) is 0 Å². The minimum atomic E-state index is 0. The van der Waals surface area contributed by atoms with Crippen LogP contribution in [0.15, 0.2) is 4.99 Å². The maximum absolute atomic E-state index is 6.05. The van der Waals surface area contributed by atoms with Crippen molar-refractivity contribution in [3.05, 3.63) is 0 Å². The minimum Gasteiger partial charge on any atom is -0.370 e. The van der Waals surface area contributed by atoms with Crippen LogP contribution in [0.2, 0.25) is 0 Å². The van der Waals surface area contributed by atoms with Crippen LogP contribution >= 0.6 is 24.0 Å². The maximum atomic E-state index is 6.05. The summed E-state index contributed by atoms with van der Waals surface area (Å²) in [6, 6.07) is 0. The van der Waals surface area contributed by atoms with Gasteiger partial charge in [-0.3, -0.25) is 4.99 Å². The van der Waals surface area contributed by atoms with Gasteiger partial charge in [-0.2, -0.15) is 0 Å². The monoisotopic (exact) mass is 380 g/mol. The van der Waals surface area contributed by atoms with Crippen molar-refractivity contribution in [2.45, 2.75) is 39.0 Å². The van der Waals surface area contributed by atoms with E-state index in [2.05, 4.69) is 21.7 Å². The molecule has 0 aromatic rings. The van der Waals surface area contributed by atoms with Crippen LogP contribution < -0.4 is 5.73 Å². The molecule has 0 saturated carbocycles. The Morgan fingerprint density at radius 2 is 1.89 bits per heavy atom. The number of nitrogens with zero attached hydrogens (tertiary/aromatic N) is 3. The molecule has 2 N–H and O–H groups in total. The van der Waals surface area contributed by atoms with Gasteiger partial charge >= 0.3 is 0 Å². The van der Waals surface area contributed by atoms with Gasteiger partial charge in [-0.25, -0.2) is 0 Å². The molecular weight excluding hydrogens is 351 g/mol. The van der Waals surface area contributed by atoms with E-state index in [-0.39, 0.29) is 24.0 Å². The fourth-order valence-electron chi connectivity index (χ4n) is 3.02. The normalized spacial score (nSPS) is 26.1. The summed E-state index contributed by atoms with van der Waals surface area (Å²) in [6.45, 7) is 8.93. The molecule has 0 radical (unpaired) electrons. The van der Waals surface area contributed by atoms with Crippen LogP contribution in [0.4, 0.5) is 0 Å². The lowest BCUT2D eigenvalue weighted by Crippen LogP contribution is -2.41. The summed E-state index contributed by atoms with van der Waals surface area (Å²) >= 11 is 0. The Kier molecular flexibility index (Phi) is 8.06. The molecule has 2 fully saturated rings. The van der Waals surface area contributed by atoms with Crippen molar-refractivity contribution in [3.63, 3.8) is 0 Å².